The van der Waals surface area contributed by atoms with Gasteiger partial charge in [0.25, 0.3) is 0 Å². The van der Waals surface area contributed by atoms with Crippen molar-refractivity contribution in [3.8, 4) is 0 Å². The van der Waals surface area contributed by atoms with Gasteiger partial charge in [0.15, 0.2) is 11.6 Å². The molecule has 1 saturated heterocycles. The first kappa shape index (κ1) is 14.9. The van der Waals surface area contributed by atoms with E-state index >= 15 is 0 Å². The Bertz CT molecular complexity index is 563. The fourth-order valence-corrected chi connectivity index (χ4v) is 2.52. The Hall–Kier alpha value is -1.45. The average Bonchev–Trinajstić information content (AvgIpc) is 2.87. The summed E-state index contributed by atoms with van der Waals surface area (Å²) < 4.78 is 20.3. The summed E-state index contributed by atoms with van der Waals surface area (Å²) in [5, 5.41) is 8.97. The highest BCUT2D eigenvalue weighted by molar-refractivity contribution is 8.00. The molecule has 0 unspecified atom stereocenters. The van der Waals surface area contributed by atoms with Gasteiger partial charge in [-0.3, -0.25) is 4.57 Å². The van der Waals surface area contributed by atoms with Crippen molar-refractivity contribution in [2.24, 2.45) is 4.99 Å². The molecule has 0 bridgehead atoms. The number of aliphatic imine (C=N–C) groups is 1. The van der Waals surface area contributed by atoms with Crippen LogP contribution in [0, 0.1) is 5.82 Å². The largest absolute Gasteiger partial charge is 0.393 e. The molecule has 0 aromatic carbocycles. The topological polar surface area (TPSA) is 80.0 Å². The summed E-state index contributed by atoms with van der Waals surface area (Å²) in [7, 11) is 3.45. The standard InChI is InChI=1S/C11H15FN4O3S/c1-15(2)6-13-10-7(12)3-16(11(18)14-10)8-5-20-9(4-17)19-8/h3,6,8-9,17H,4-5H2,1-2H3/t8-,9+/m0/s1. The summed E-state index contributed by atoms with van der Waals surface area (Å²) in [4.78, 5) is 20.8. The van der Waals surface area contributed by atoms with Crippen molar-refractivity contribution in [1.29, 1.82) is 0 Å². The predicted molar refractivity (Wildman–Crippen MR) is 73.7 cm³/mol. The minimum atomic E-state index is -0.705. The Morgan fingerprint density at radius 2 is 2.50 bits per heavy atom. The van der Waals surface area contributed by atoms with Gasteiger partial charge in [-0.15, -0.1) is 11.8 Å². The van der Waals surface area contributed by atoms with Crippen LogP contribution in [0.3, 0.4) is 0 Å². The molecule has 0 spiro atoms. The van der Waals surface area contributed by atoms with Crippen LogP contribution >= 0.6 is 11.8 Å². The van der Waals surface area contributed by atoms with E-state index in [0.29, 0.717) is 5.75 Å². The van der Waals surface area contributed by atoms with Crippen LogP contribution in [0.4, 0.5) is 10.2 Å². The molecule has 110 valence electrons. The summed E-state index contributed by atoms with van der Waals surface area (Å²) in [5.41, 5.74) is -1.04. The highest BCUT2D eigenvalue weighted by Crippen LogP contribution is 2.30. The monoisotopic (exact) mass is 302 g/mol. The van der Waals surface area contributed by atoms with Gasteiger partial charge in [0.05, 0.1) is 19.1 Å². The fraction of sp³-hybridized carbons (Fsp3) is 0.545. The molecule has 0 aliphatic carbocycles. The minimum absolute atomic E-state index is 0.156. The summed E-state index contributed by atoms with van der Waals surface area (Å²) in [6.07, 6.45) is 1.76. The van der Waals surface area contributed by atoms with Gasteiger partial charge in [-0.25, -0.2) is 14.2 Å². The molecule has 20 heavy (non-hydrogen) atoms. The number of halogens is 1. The lowest BCUT2D eigenvalue weighted by molar-refractivity contribution is -0.00678. The maximum absolute atomic E-state index is 13.8. The molecular weight excluding hydrogens is 287 g/mol. The molecule has 9 heteroatoms. The Morgan fingerprint density at radius 3 is 3.10 bits per heavy atom. The normalized spacial score (nSPS) is 22.6. The molecule has 2 rings (SSSR count). The van der Waals surface area contributed by atoms with Gasteiger partial charge in [0.2, 0.25) is 0 Å². The molecule has 1 N–H and O–H groups in total. The molecule has 1 aromatic rings. The lowest BCUT2D eigenvalue weighted by Gasteiger charge is -2.13. The third-order valence-electron chi connectivity index (χ3n) is 2.49. The van der Waals surface area contributed by atoms with E-state index < -0.39 is 23.2 Å². The molecule has 2 atom stereocenters. The second-order valence-electron chi connectivity index (χ2n) is 4.35. The maximum atomic E-state index is 13.8. The van der Waals surface area contributed by atoms with E-state index in [9.17, 15) is 9.18 Å². The van der Waals surface area contributed by atoms with E-state index in [0.717, 1.165) is 10.8 Å². The summed E-state index contributed by atoms with van der Waals surface area (Å²) in [6, 6.07) is 0. The van der Waals surface area contributed by atoms with Crippen LogP contribution in [0.2, 0.25) is 0 Å². The van der Waals surface area contributed by atoms with Crippen molar-refractivity contribution in [3.05, 3.63) is 22.5 Å². The van der Waals surface area contributed by atoms with E-state index in [1.54, 1.807) is 19.0 Å². The summed E-state index contributed by atoms with van der Waals surface area (Å²) in [5.74, 6) is -0.514. The van der Waals surface area contributed by atoms with E-state index in [2.05, 4.69) is 9.98 Å². The van der Waals surface area contributed by atoms with Crippen LogP contribution in [0.25, 0.3) is 0 Å². The zero-order chi connectivity index (χ0) is 14.7. The summed E-state index contributed by atoms with van der Waals surface area (Å²) >= 11 is 1.36. The molecule has 1 fully saturated rings. The average molecular weight is 302 g/mol. The summed E-state index contributed by atoms with van der Waals surface area (Å²) in [6.45, 7) is -0.156. The van der Waals surface area contributed by atoms with E-state index in [1.807, 2.05) is 0 Å². The molecule has 0 radical (unpaired) electrons. The highest BCUT2D eigenvalue weighted by atomic mass is 32.2. The molecule has 0 amide bonds. The zero-order valence-corrected chi connectivity index (χ0v) is 11.9. The van der Waals surface area contributed by atoms with Crippen molar-refractivity contribution in [1.82, 2.24) is 14.5 Å². The van der Waals surface area contributed by atoms with Crippen molar-refractivity contribution in [3.63, 3.8) is 0 Å². The number of aliphatic hydroxyl groups is 1. The van der Waals surface area contributed by atoms with Gasteiger partial charge >= 0.3 is 5.69 Å². The van der Waals surface area contributed by atoms with Crippen molar-refractivity contribution in [2.45, 2.75) is 11.7 Å². The Balaban J connectivity index is 2.25. The van der Waals surface area contributed by atoms with Gasteiger partial charge in [-0.1, -0.05) is 0 Å². The van der Waals surface area contributed by atoms with Crippen LogP contribution in [0.15, 0.2) is 16.0 Å². The second kappa shape index (κ2) is 6.33. The van der Waals surface area contributed by atoms with Crippen molar-refractivity contribution < 1.29 is 14.2 Å². The number of nitrogens with zero attached hydrogens (tertiary/aromatic N) is 4. The fourth-order valence-electron chi connectivity index (χ4n) is 1.59. The molecule has 1 aliphatic heterocycles. The number of rotatable bonds is 4. The second-order valence-corrected chi connectivity index (χ2v) is 5.54. The van der Waals surface area contributed by atoms with E-state index in [1.165, 1.54) is 18.1 Å². The number of ether oxygens (including phenoxy) is 1. The van der Waals surface area contributed by atoms with E-state index in [4.69, 9.17) is 9.84 Å². The third-order valence-corrected chi connectivity index (χ3v) is 3.60. The smallest absolute Gasteiger partial charge is 0.351 e. The molecule has 7 nitrogen and oxygen atoms in total. The number of hydrogen-bond acceptors (Lipinski definition) is 6. The SMILES string of the molecule is CN(C)C=Nc1nc(=O)n([C@@H]2CS[C@H](CO)O2)cc1F. The first-order valence-corrected chi connectivity index (χ1v) is 6.93. The van der Waals surface area contributed by atoms with Crippen molar-refractivity contribution in [2.75, 3.05) is 26.5 Å². The van der Waals surface area contributed by atoms with Crippen LogP contribution < -0.4 is 5.69 Å². The quantitative estimate of drug-likeness (QED) is 0.631. The highest BCUT2D eigenvalue weighted by Gasteiger charge is 2.28. The zero-order valence-electron chi connectivity index (χ0n) is 11.1. The number of thioether (sulfide) groups is 1. The molecule has 0 saturated carbocycles. The molecule has 2 heterocycles. The van der Waals surface area contributed by atoms with Gasteiger partial charge in [-0.05, 0) is 0 Å². The van der Waals surface area contributed by atoms with Crippen LogP contribution in [0.1, 0.15) is 6.23 Å². The molecular formula is C11H15FN4O3S. The third kappa shape index (κ3) is 3.35. The number of aromatic nitrogens is 2. The first-order valence-electron chi connectivity index (χ1n) is 5.88. The van der Waals surface area contributed by atoms with Gasteiger partial charge in [0.1, 0.15) is 11.7 Å². The Labute approximate surface area is 119 Å². The van der Waals surface area contributed by atoms with Gasteiger partial charge in [0, 0.05) is 19.8 Å². The Morgan fingerprint density at radius 1 is 1.75 bits per heavy atom. The maximum Gasteiger partial charge on any atom is 0.351 e. The number of aliphatic hydroxyl groups excluding tert-OH is 1. The Kier molecular flexibility index (Phi) is 4.73. The van der Waals surface area contributed by atoms with Crippen LogP contribution in [0.5, 0.6) is 0 Å². The van der Waals surface area contributed by atoms with Crippen LogP contribution in [-0.2, 0) is 4.74 Å². The molecule has 1 aliphatic rings. The van der Waals surface area contributed by atoms with Gasteiger partial charge in [-0.2, -0.15) is 4.98 Å². The predicted octanol–water partition coefficient (Wildman–Crippen LogP) is 0.184. The number of hydrogen-bond donors (Lipinski definition) is 1. The van der Waals surface area contributed by atoms with E-state index in [-0.39, 0.29) is 12.4 Å². The van der Waals surface area contributed by atoms with Gasteiger partial charge < -0.3 is 14.7 Å². The van der Waals surface area contributed by atoms with Crippen LogP contribution in [-0.4, -0.2) is 57.8 Å². The lowest BCUT2D eigenvalue weighted by atomic mass is 10.5. The molecule has 1 aromatic heterocycles. The van der Waals surface area contributed by atoms with Crippen molar-refractivity contribution >= 4 is 23.9 Å². The lowest BCUT2D eigenvalue weighted by Crippen LogP contribution is -2.29. The minimum Gasteiger partial charge on any atom is -0.393 e. The first-order chi connectivity index (χ1) is 9.51.